The largest absolute Gasteiger partial charge is 0.524 e. The normalized spacial score (nSPS) is 12.1. The van der Waals surface area contributed by atoms with Gasteiger partial charge in [-0.3, -0.25) is 14.6 Å². The molecule has 0 saturated carbocycles. The van der Waals surface area contributed by atoms with E-state index in [9.17, 15) is 9.36 Å². The van der Waals surface area contributed by atoms with Crippen molar-refractivity contribution in [1.29, 1.82) is 0 Å². The number of carbonyl (C=O) groups excluding carboxylic acids is 1. The van der Waals surface area contributed by atoms with Crippen molar-refractivity contribution in [2.24, 2.45) is 0 Å². The second-order valence-electron chi connectivity index (χ2n) is 4.24. The van der Waals surface area contributed by atoms with Crippen LogP contribution in [0.5, 0.6) is 5.75 Å². The summed E-state index contributed by atoms with van der Waals surface area (Å²) in [6.45, 7) is 0. The molecule has 0 unspecified atom stereocenters. The number of rotatable bonds is 6. The van der Waals surface area contributed by atoms with Crippen LogP contribution in [-0.2, 0) is 9.36 Å². The van der Waals surface area contributed by atoms with Gasteiger partial charge in [-0.2, -0.15) is 0 Å². The zero-order valence-corrected chi connectivity index (χ0v) is 13.0. The van der Waals surface area contributed by atoms with Crippen molar-refractivity contribution in [2.45, 2.75) is 0 Å². The Morgan fingerprint density at radius 2 is 1.77 bits per heavy atom. The summed E-state index contributed by atoms with van der Waals surface area (Å²) in [5.74, 6) is -0.0849. The van der Waals surface area contributed by atoms with Gasteiger partial charge >= 0.3 is 7.82 Å². The topological polar surface area (TPSA) is 83.8 Å². The average molecular weight is 336 g/mol. The summed E-state index contributed by atoms with van der Waals surface area (Å²) in [5.41, 5.74) is 0.718. The molecule has 1 aromatic carbocycles. The highest BCUT2D eigenvalue weighted by Crippen LogP contribution is 2.37. The maximum absolute atomic E-state index is 11.7. The second-order valence-corrected chi connectivity index (χ2v) is 6.38. The average Bonchev–Trinajstić information content (AvgIpc) is 2.96. The molecule has 7 heteroatoms. The van der Waals surface area contributed by atoms with Crippen LogP contribution in [0.4, 0.5) is 0 Å². The molecule has 0 atom stereocenters. The van der Waals surface area contributed by atoms with Gasteiger partial charge in [0.25, 0.3) is 0 Å². The molecule has 0 bridgehead atoms. The lowest BCUT2D eigenvalue weighted by atomic mass is 10.2. The first-order chi connectivity index (χ1) is 10.4. The molecule has 0 aliphatic rings. The predicted molar refractivity (Wildman–Crippen MR) is 86.5 cm³/mol. The van der Waals surface area contributed by atoms with Gasteiger partial charge in [-0.15, -0.1) is 11.3 Å². The number of allylic oxidation sites excluding steroid dienone is 2. The zero-order chi connectivity index (χ0) is 16.0. The quantitative estimate of drug-likeness (QED) is 0.623. The molecule has 0 aliphatic carbocycles. The van der Waals surface area contributed by atoms with Gasteiger partial charge in [0.05, 0.1) is 0 Å². The minimum absolute atomic E-state index is 0.0643. The minimum Gasteiger partial charge on any atom is -0.404 e. The summed E-state index contributed by atoms with van der Waals surface area (Å²) in [6, 6.07) is 9.86. The highest BCUT2D eigenvalue weighted by molar-refractivity contribution is 7.46. The maximum atomic E-state index is 11.7. The van der Waals surface area contributed by atoms with Crippen molar-refractivity contribution in [3.63, 3.8) is 0 Å². The van der Waals surface area contributed by atoms with Gasteiger partial charge in [0.15, 0.2) is 5.78 Å². The third-order valence-corrected chi connectivity index (χ3v) is 3.79. The summed E-state index contributed by atoms with van der Waals surface area (Å²) in [5, 5.41) is 1.93. The predicted octanol–water partition coefficient (Wildman–Crippen LogP) is 3.52. The Balaban J connectivity index is 1.95. The second kappa shape index (κ2) is 7.33. The number of hydrogen-bond acceptors (Lipinski definition) is 4. The minimum atomic E-state index is -4.55. The summed E-state index contributed by atoms with van der Waals surface area (Å²) < 4.78 is 15.1. The van der Waals surface area contributed by atoms with Crippen molar-refractivity contribution in [2.75, 3.05) is 0 Å². The van der Waals surface area contributed by atoms with E-state index in [2.05, 4.69) is 4.52 Å². The van der Waals surface area contributed by atoms with E-state index in [0.29, 0.717) is 0 Å². The van der Waals surface area contributed by atoms with Crippen molar-refractivity contribution in [3.05, 3.63) is 64.4 Å². The van der Waals surface area contributed by atoms with Crippen LogP contribution in [0.15, 0.2) is 53.9 Å². The van der Waals surface area contributed by atoms with E-state index >= 15 is 0 Å². The van der Waals surface area contributed by atoms with Gasteiger partial charge in [-0.05, 0) is 47.4 Å². The SMILES string of the molecule is O=C(/C=C/c1ccc(OP(=O)(O)O)cc1)/C=C/c1cccs1. The van der Waals surface area contributed by atoms with E-state index in [1.54, 1.807) is 35.6 Å². The van der Waals surface area contributed by atoms with E-state index in [1.165, 1.54) is 24.3 Å². The smallest absolute Gasteiger partial charge is 0.404 e. The number of ketones is 1. The van der Waals surface area contributed by atoms with Gasteiger partial charge in [0.1, 0.15) is 5.75 Å². The molecule has 5 nitrogen and oxygen atoms in total. The number of thiophene rings is 1. The standard InChI is InChI=1S/C15H13O5PS/c16-13(7-10-15-2-1-11-22-15)6-3-12-4-8-14(9-5-12)20-21(17,18)19/h1-11H,(H2,17,18,19)/b6-3+,10-7+. The summed E-state index contributed by atoms with van der Waals surface area (Å²) in [7, 11) is -4.55. The van der Waals surface area contributed by atoms with Crippen LogP contribution in [0, 0.1) is 0 Å². The highest BCUT2D eigenvalue weighted by atomic mass is 32.1. The van der Waals surface area contributed by atoms with E-state index in [1.807, 2.05) is 17.5 Å². The Labute approximate surface area is 131 Å². The van der Waals surface area contributed by atoms with Gasteiger partial charge in [0.2, 0.25) is 0 Å². The molecule has 2 aromatic rings. The van der Waals surface area contributed by atoms with Crippen molar-refractivity contribution in [3.8, 4) is 5.75 Å². The van der Waals surface area contributed by atoms with Gasteiger partial charge in [-0.1, -0.05) is 24.3 Å². The fraction of sp³-hybridized carbons (Fsp3) is 0. The Kier molecular flexibility index (Phi) is 5.46. The molecule has 0 aliphatic heterocycles. The first kappa shape index (κ1) is 16.4. The number of benzene rings is 1. The fourth-order valence-corrected chi connectivity index (χ4v) is 2.58. The van der Waals surface area contributed by atoms with Gasteiger partial charge in [0, 0.05) is 4.88 Å². The molecular weight excluding hydrogens is 323 g/mol. The monoisotopic (exact) mass is 336 g/mol. The molecule has 0 amide bonds. The number of hydrogen-bond donors (Lipinski definition) is 2. The lowest BCUT2D eigenvalue weighted by Gasteiger charge is -2.06. The van der Waals surface area contributed by atoms with Crippen molar-refractivity contribution in [1.82, 2.24) is 0 Å². The highest BCUT2D eigenvalue weighted by Gasteiger charge is 2.15. The molecular formula is C15H13O5PS. The summed E-state index contributed by atoms with van der Waals surface area (Å²) >= 11 is 1.54. The third-order valence-electron chi connectivity index (χ3n) is 2.50. The summed E-state index contributed by atoms with van der Waals surface area (Å²) in [4.78, 5) is 30.0. The van der Waals surface area contributed by atoms with Crippen LogP contribution in [0.3, 0.4) is 0 Å². The number of phosphoric ester groups is 1. The maximum Gasteiger partial charge on any atom is 0.524 e. The van der Waals surface area contributed by atoms with Crippen molar-refractivity contribution >= 4 is 37.1 Å². The third kappa shape index (κ3) is 5.79. The van der Waals surface area contributed by atoms with Gasteiger partial charge in [-0.25, -0.2) is 4.57 Å². The lowest BCUT2D eigenvalue weighted by molar-refractivity contribution is -0.110. The molecule has 1 heterocycles. The van der Waals surface area contributed by atoms with Crippen LogP contribution >= 0.6 is 19.2 Å². The molecule has 22 heavy (non-hydrogen) atoms. The lowest BCUT2D eigenvalue weighted by Crippen LogP contribution is -1.89. The van der Waals surface area contributed by atoms with E-state index < -0.39 is 7.82 Å². The Morgan fingerprint density at radius 1 is 1.09 bits per heavy atom. The van der Waals surface area contributed by atoms with E-state index in [0.717, 1.165) is 10.4 Å². The molecule has 1 aromatic heterocycles. The number of phosphoric acid groups is 1. The van der Waals surface area contributed by atoms with Crippen molar-refractivity contribution < 1.29 is 23.7 Å². The van der Waals surface area contributed by atoms with E-state index in [-0.39, 0.29) is 11.5 Å². The van der Waals surface area contributed by atoms with Crippen LogP contribution in [0.25, 0.3) is 12.2 Å². The molecule has 0 radical (unpaired) electrons. The number of carbonyl (C=O) groups is 1. The first-order valence-corrected chi connectivity index (χ1v) is 8.62. The molecule has 0 fully saturated rings. The molecule has 0 saturated heterocycles. The van der Waals surface area contributed by atoms with Crippen LogP contribution in [0.2, 0.25) is 0 Å². The molecule has 2 N–H and O–H groups in total. The Bertz CT molecular complexity index is 726. The van der Waals surface area contributed by atoms with Gasteiger partial charge < -0.3 is 4.52 Å². The van der Waals surface area contributed by atoms with Crippen LogP contribution < -0.4 is 4.52 Å². The molecule has 114 valence electrons. The fourth-order valence-electron chi connectivity index (χ4n) is 1.56. The van der Waals surface area contributed by atoms with E-state index in [4.69, 9.17) is 9.79 Å². The zero-order valence-electron chi connectivity index (χ0n) is 11.3. The van der Waals surface area contributed by atoms with Crippen LogP contribution in [-0.4, -0.2) is 15.6 Å². The summed E-state index contributed by atoms with van der Waals surface area (Å²) in [6.07, 6.45) is 6.26. The Morgan fingerprint density at radius 3 is 2.36 bits per heavy atom. The van der Waals surface area contributed by atoms with Crippen LogP contribution in [0.1, 0.15) is 10.4 Å². The Hall–Kier alpha value is -1.98. The molecule has 2 rings (SSSR count). The molecule has 0 spiro atoms. The first-order valence-electron chi connectivity index (χ1n) is 6.21.